The highest BCUT2D eigenvalue weighted by molar-refractivity contribution is 6.01. The van der Waals surface area contributed by atoms with Crippen molar-refractivity contribution in [3.63, 3.8) is 0 Å². The number of benzene rings is 8. The second kappa shape index (κ2) is 25.6. The van der Waals surface area contributed by atoms with Crippen molar-refractivity contribution in [2.75, 3.05) is 54.6 Å². The average molecular weight is 957 g/mol. The van der Waals surface area contributed by atoms with Crippen LogP contribution in [-0.2, 0) is 0 Å². The van der Waals surface area contributed by atoms with Gasteiger partial charge in [-0.2, -0.15) is 0 Å². The van der Waals surface area contributed by atoms with E-state index in [1.807, 2.05) is 170 Å². The summed E-state index contributed by atoms with van der Waals surface area (Å²) in [5, 5.41) is 0. The van der Waals surface area contributed by atoms with Crippen LogP contribution in [0.3, 0.4) is 0 Å². The van der Waals surface area contributed by atoms with Gasteiger partial charge in [-0.1, -0.05) is 121 Å². The van der Waals surface area contributed by atoms with E-state index in [-0.39, 0.29) is 26.4 Å². The molecule has 0 saturated carbocycles. The van der Waals surface area contributed by atoms with Crippen molar-refractivity contribution in [2.24, 2.45) is 25.4 Å². The van der Waals surface area contributed by atoms with E-state index >= 15 is 0 Å². The van der Waals surface area contributed by atoms with Gasteiger partial charge in [0.1, 0.15) is 54.8 Å². The Bertz CT molecular complexity index is 2850. The third-order valence-electron chi connectivity index (χ3n) is 11.9. The zero-order valence-electron chi connectivity index (χ0n) is 41.5. The zero-order chi connectivity index (χ0) is 50.5. The third kappa shape index (κ3) is 13.6. The number of hydrogen-bond acceptors (Lipinski definition) is 8. The van der Waals surface area contributed by atoms with Crippen LogP contribution in [0.1, 0.15) is 44.5 Å². The van der Waals surface area contributed by atoms with E-state index in [2.05, 4.69) is 92.0 Å². The van der Waals surface area contributed by atoms with Gasteiger partial charge < -0.3 is 18.9 Å². The van der Waals surface area contributed by atoms with E-state index in [9.17, 15) is 0 Å². The molecule has 0 aliphatic heterocycles. The van der Waals surface area contributed by atoms with Gasteiger partial charge in [-0.05, 0) is 165 Å². The van der Waals surface area contributed by atoms with Crippen LogP contribution in [0.5, 0.6) is 23.0 Å². The van der Waals surface area contributed by atoms with Crippen LogP contribution in [0.2, 0.25) is 0 Å². The Morgan fingerprint density at radius 1 is 0.274 bits per heavy atom. The molecule has 0 bridgehead atoms. The minimum absolute atomic E-state index is 0.175. The van der Waals surface area contributed by atoms with Crippen LogP contribution < -0.4 is 18.9 Å². The van der Waals surface area contributed by atoms with Crippen molar-refractivity contribution in [3.8, 4) is 23.0 Å². The first kappa shape index (κ1) is 50.2. The molecular weight excluding hydrogens is 901 g/mol. The van der Waals surface area contributed by atoms with E-state index in [4.69, 9.17) is 18.9 Å². The van der Waals surface area contributed by atoms with Gasteiger partial charge in [0.15, 0.2) is 0 Å². The van der Waals surface area contributed by atoms with Gasteiger partial charge in [-0.25, -0.2) is 20.0 Å². The van der Waals surface area contributed by atoms with Crippen molar-refractivity contribution in [3.05, 3.63) is 263 Å². The molecule has 8 heteroatoms. The molecule has 0 N–H and O–H groups in total. The number of ether oxygens (including phenoxy) is 4. The van der Waals surface area contributed by atoms with Gasteiger partial charge in [0.25, 0.3) is 0 Å². The predicted octanol–water partition coefficient (Wildman–Crippen LogP) is 13.2. The topological polar surface area (TPSA) is 86.4 Å². The van der Waals surface area contributed by atoms with Crippen LogP contribution >= 0.6 is 0 Å². The summed E-state index contributed by atoms with van der Waals surface area (Å²) in [6, 6.07) is 72.4. The lowest BCUT2D eigenvalue weighted by Crippen LogP contribution is -2.45. The number of nitrogens with zero attached hydrogens (tertiary/aromatic N) is 4. The Hall–Kier alpha value is -9.24. The lowest BCUT2D eigenvalue weighted by molar-refractivity contribution is -0.00352. The highest BCUT2D eigenvalue weighted by Crippen LogP contribution is 2.32. The molecule has 0 aliphatic carbocycles. The van der Waals surface area contributed by atoms with Gasteiger partial charge in [-0.15, -0.1) is 0 Å². The second-order valence-corrected chi connectivity index (χ2v) is 17.1. The molecule has 8 aromatic rings. The van der Waals surface area contributed by atoms with E-state index in [1.165, 1.54) is 0 Å². The van der Waals surface area contributed by atoms with Crippen LogP contribution in [0.15, 0.2) is 238 Å². The average Bonchev–Trinajstić information content (AvgIpc) is 3.46. The van der Waals surface area contributed by atoms with Crippen LogP contribution in [0.4, 0.5) is 0 Å². The minimum atomic E-state index is -0.878. The second-order valence-electron chi connectivity index (χ2n) is 17.1. The fraction of sp³-hybridized carbons (Fsp3) is 0.138. The van der Waals surface area contributed by atoms with Crippen molar-refractivity contribution >= 4 is 45.8 Å². The molecule has 0 unspecified atom stereocenters. The quantitative estimate of drug-likeness (QED) is 0.0712. The summed E-state index contributed by atoms with van der Waals surface area (Å²) < 4.78 is 27.0. The summed E-state index contributed by atoms with van der Waals surface area (Å²) in [7, 11) is 6.91. The molecule has 0 spiro atoms. The maximum absolute atomic E-state index is 6.76. The molecule has 73 heavy (non-hydrogen) atoms. The molecule has 0 fully saturated rings. The molecule has 0 aromatic heterocycles. The van der Waals surface area contributed by atoms with Gasteiger partial charge in [-0.3, -0.25) is 0 Å². The lowest BCUT2D eigenvalue weighted by Gasteiger charge is -2.33. The largest absolute Gasteiger partial charge is 0.493 e. The molecule has 360 valence electrons. The van der Waals surface area contributed by atoms with Gasteiger partial charge in [0, 0.05) is 28.2 Å². The van der Waals surface area contributed by atoms with E-state index in [0.717, 1.165) is 66.8 Å². The summed E-state index contributed by atoms with van der Waals surface area (Å²) in [6.45, 7) is 0.698. The molecular formula is C65H56N4O4. The molecule has 8 rings (SSSR count). The molecule has 0 radical (unpaired) electrons. The maximum atomic E-state index is 6.76. The monoisotopic (exact) mass is 956 g/mol. The van der Waals surface area contributed by atoms with Crippen molar-refractivity contribution in [2.45, 2.75) is 0 Å². The molecule has 8 aromatic carbocycles. The summed E-state index contributed by atoms with van der Waals surface area (Å²) in [4.78, 5) is 16.9. The van der Waals surface area contributed by atoms with Crippen molar-refractivity contribution in [1.82, 2.24) is 0 Å². The highest BCUT2D eigenvalue weighted by atomic mass is 16.5. The molecule has 0 atom stereocenters. The van der Waals surface area contributed by atoms with Crippen molar-refractivity contribution < 1.29 is 18.9 Å². The molecule has 0 amide bonds. The fourth-order valence-corrected chi connectivity index (χ4v) is 8.12. The number of aliphatic imine (C=N–C) groups is 4. The Balaban J connectivity index is 1.12. The zero-order valence-corrected chi connectivity index (χ0v) is 41.5. The van der Waals surface area contributed by atoms with Crippen LogP contribution in [-0.4, -0.2) is 78.1 Å². The standard InChI is InChI=1S/C65H56N4O4/c1-66-41-61(49-17-9-5-10-18-49)53-25-33-57(34-26-53)70-45-65(46-71-58-35-27-54(28-36-58)62(42-67-2)50-19-11-6-12-20-50,47-72-59-37-29-55(30-38-59)63(43-68-3)51-21-13-7-14-22-51)48-73-60-39-31-56(32-40-60)64(44-69-4)52-23-15-8-16-24-52/h5-40H,45-48H2,1-4H3. The normalized spacial score (nSPS) is 11.1. The Kier molecular flexibility index (Phi) is 17.6. The maximum Gasteiger partial charge on any atom is 0.119 e. The predicted molar refractivity (Wildman–Crippen MR) is 299 cm³/mol. The molecule has 8 nitrogen and oxygen atoms in total. The first-order valence-electron chi connectivity index (χ1n) is 24.0. The van der Waals surface area contributed by atoms with Crippen molar-refractivity contribution in [1.29, 1.82) is 0 Å². The van der Waals surface area contributed by atoms with Crippen LogP contribution in [0, 0.1) is 5.41 Å². The highest BCUT2D eigenvalue weighted by Gasteiger charge is 2.36. The van der Waals surface area contributed by atoms with Crippen LogP contribution in [0.25, 0.3) is 22.3 Å². The molecule has 0 aliphatic rings. The summed E-state index contributed by atoms with van der Waals surface area (Å²) in [5.74, 6) is 15.4. The smallest absolute Gasteiger partial charge is 0.119 e. The number of rotatable bonds is 20. The minimum Gasteiger partial charge on any atom is -0.493 e. The third-order valence-corrected chi connectivity index (χ3v) is 11.9. The summed E-state index contributed by atoms with van der Waals surface area (Å²) >= 11 is 0. The first-order chi connectivity index (χ1) is 36.0. The molecule has 0 heterocycles. The van der Waals surface area contributed by atoms with E-state index in [1.54, 1.807) is 28.2 Å². The Morgan fingerprint density at radius 3 is 0.630 bits per heavy atom. The summed E-state index contributed by atoms with van der Waals surface area (Å²) in [6.07, 6.45) is 0. The first-order valence-corrected chi connectivity index (χ1v) is 24.0. The van der Waals surface area contributed by atoms with Gasteiger partial charge in [0.2, 0.25) is 0 Å². The van der Waals surface area contributed by atoms with E-state index in [0.29, 0.717) is 23.0 Å². The lowest BCUT2D eigenvalue weighted by atomic mass is 9.91. The Labute approximate surface area is 428 Å². The fourth-order valence-electron chi connectivity index (χ4n) is 8.12. The van der Waals surface area contributed by atoms with E-state index < -0.39 is 5.41 Å². The SMILES string of the molecule is CN=C=C(c1ccccc1)c1ccc(OCC(COc2ccc(C(=C=NC)c3ccccc3)cc2)(COc2ccc(C(=C=NC)c3ccccc3)cc2)COc2ccc(C(=C=NC)c3ccccc3)cc2)cc1. The Morgan fingerprint density at radius 2 is 0.452 bits per heavy atom. The molecule has 0 saturated heterocycles. The number of hydrogen-bond donors (Lipinski definition) is 0. The summed E-state index contributed by atoms with van der Waals surface area (Å²) in [5.41, 5.74) is 10.6. The van der Waals surface area contributed by atoms with Gasteiger partial charge >= 0.3 is 0 Å². The van der Waals surface area contributed by atoms with Gasteiger partial charge in [0.05, 0.1) is 22.3 Å².